The maximum absolute atomic E-state index is 12.0. The van der Waals surface area contributed by atoms with Crippen LogP contribution in [-0.4, -0.2) is 29.6 Å². The fourth-order valence-corrected chi connectivity index (χ4v) is 2.53. The van der Waals surface area contributed by atoms with Crippen LogP contribution in [0.3, 0.4) is 0 Å². The van der Waals surface area contributed by atoms with E-state index in [1.54, 1.807) is 18.2 Å². The highest BCUT2D eigenvalue weighted by Crippen LogP contribution is 2.22. The quantitative estimate of drug-likeness (QED) is 0.337. The number of urea groups is 1. The molecule has 0 aliphatic heterocycles. The SMILES string of the molecule is CC(C)(C)OCc1cccc(CNC(=O)NCCNc2ccccc2[N+](=O)[O-])c1. The predicted molar refractivity (Wildman–Crippen MR) is 113 cm³/mol. The van der Waals surface area contributed by atoms with E-state index in [-0.39, 0.29) is 17.3 Å². The van der Waals surface area contributed by atoms with Crippen LogP contribution >= 0.6 is 0 Å². The minimum atomic E-state index is -0.441. The molecular weight excluding hydrogens is 372 g/mol. The third-order valence-electron chi connectivity index (χ3n) is 3.94. The largest absolute Gasteiger partial charge is 0.378 e. The third-order valence-corrected chi connectivity index (χ3v) is 3.94. The molecule has 2 aromatic carbocycles. The first kappa shape index (κ1) is 22.2. The van der Waals surface area contributed by atoms with Gasteiger partial charge in [-0.15, -0.1) is 0 Å². The smallest absolute Gasteiger partial charge is 0.315 e. The standard InChI is InChI=1S/C21H28N4O4/c1-21(2,3)29-15-17-8-6-7-16(13-17)14-24-20(26)23-12-11-22-18-9-4-5-10-19(18)25(27)28/h4-10,13,22H,11-12,14-15H2,1-3H3,(H2,23,24,26). The van der Waals surface area contributed by atoms with Gasteiger partial charge in [-0.1, -0.05) is 36.4 Å². The number of ether oxygens (including phenoxy) is 1. The molecule has 0 heterocycles. The molecule has 2 amide bonds. The maximum atomic E-state index is 12.0. The third kappa shape index (κ3) is 8.18. The molecule has 0 saturated carbocycles. The van der Waals surface area contributed by atoms with Crippen LogP contribution in [-0.2, 0) is 17.9 Å². The van der Waals surface area contributed by atoms with Gasteiger partial charge in [-0.2, -0.15) is 0 Å². The first-order valence-corrected chi connectivity index (χ1v) is 9.45. The first-order valence-electron chi connectivity index (χ1n) is 9.45. The van der Waals surface area contributed by atoms with Gasteiger partial charge in [0.15, 0.2) is 0 Å². The number of hydrogen-bond donors (Lipinski definition) is 3. The lowest BCUT2D eigenvalue weighted by atomic mass is 10.1. The number of rotatable bonds is 9. The normalized spacial score (nSPS) is 11.0. The van der Waals surface area contributed by atoms with E-state index in [1.165, 1.54) is 6.07 Å². The van der Waals surface area contributed by atoms with Crippen LogP contribution in [0, 0.1) is 10.1 Å². The number of nitrogens with one attached hydrogen (secondary N) is 3. The molecular formula is C21H28N4O4. The summed E-state index contributed by atoms with van der Waals surface area (Å²) in [6.07, 6.45) is 0. The zero-order valence-corrected chi connectivity index (χ0v) is 17.0. The van der Waals surface area contributed by atoms with E-state index < -0.39 is 4.92 Å². The topological polar surface area (TPSA) is 106 Å². The molecule has 29 heavy (non-hydrogen) atoms. The van der Waals surface area contributed by atoms with Crippen molar-refractivity contribution < 1.29 is 14.5 Å². The molecule has 0 radical (unpaired) electrons. The van der Waals surface area contributed by atoms with Crippen LogP contribution < -0.4 is 16.0 Å². The van der Waals surface area contributed by atoms with Crippen molar-refractivity contribution in [3.05, 3.63) is 69.8 Å². The van der Waals surface area contributed by atoms with E-state index in [2.05, 4.69) is 16.0 Å². The highest BCUT2D eigenvalue weighted by Gasteiger charge is 2.12. The van der Waals surface area contributed by atoms with Crippen LogP contribution in [0.1, 0.15) is 31.9 Å². The highest BCUT2D eigenvalue weighted by molar-refractivity contribution is 5.73. The Labute approximate surface area is 170 Å². The maximum Gasteiger partial charge on any atom is 0.315 e. The van der Waals surface area contributed by atoms with Crippen molar-refractivity contribution in [1.82, 2.24) is 10.6 Å². The average Bonchev–Trinajstić information content (AvgIpc) is 2.68. The van der Waals surface area contributed by atoms with E-state index in [9.17, 15) is 14.9 Å². The van der Waals surface area contributed by atoms with Crippen molar-refractivity contribution >= 4 is 17.4 Å². The average molecular weight is 400 g/mol. The molecule has 0 saturated heterocycles. The Morgan fingerprint density at radius 1 is 1.03 bits per heavy atom. The van der Waals surface area contributed by atoms with Crippen molar-refractivity contribution in [3.8, 4) is 0 Å². The lowest BCUT2D eigenvalue weighted by Gasteiger charge is -2.19. The molecule has 0 aromatic heterocycles. The summed E-state index contributed by atoms with van der Waals surface area (Å²) in [5.41, 5.74) is 2.25. The van der Waals surface area contributed by atoms with E-state index in [4.69, 9.17) is 4.74 Å². The van der Waals surface area contributed by atoms with Crippen LogP contribution in [0.25, 0.3) is 0 Å². The number of nitro benzene ring substituents is 1. The number of carbonyl (C=O) groups excluding carboxylic acids is 1. The molecule has 0 aliphatic rings. The van der Waals surface area contributed by atoms with Gasteiger partial charge in [0, 0.05) is 25.7 Å². The lowest BCUT2D eigenvalue weighted by Crippen LogP contribution is -2.37. The minimum Gasteiger partial charge on any atom is -0.378 e. The Hall–Kier alpha value is -3.13. The van der Waals surface area contributed by atoms with Gasteiger partial charge < -0.3 is 20.7 Å². The number of para-hydroxylation sites is 2. The monoisotopic (exact) mass is 400 g/mol. The zero-order valence-electron chi connectivity index (χ0n) is 17.0. The summed E-state index contributed by atoms with van der Waals surface area (Å²) in [7, 11) is 0. The minimum absolute atomic E-state index is 0.00673. The second-order valence-electron chi connectivity index (χ2n) is 7.53. The van der Waals surface area contributed by atoms with Crippen LogP contribution in [0.4, 0.5) is 16.2 Å². The Balaban J connectivity index is 1.72. The second kappa shape index (κ2) is 10.4. The molecule has 0 fully saturated rings. The number of hydrogen-bond acceptors (Lipinski definition) is 5. The van der Waals surface area contributed by atoms with Gasteiger partial charge in [-0.05, 0) is 38.0 Å². The van der Waals surface area contributed by atoms with E-state index >= 15 is 0 Å². The summed E-state index contributed by atoms with van der Waals surface area (Å²) in [4.78, 5) is 22.5. The summed E-state index contributed by atoms with van der Waals surface area (Å²) in [6, 6.07) is 14.0. The summed E-state index contributed by atoms with van der Waals surface area (Å²) < 4.78 is 5.77. The molecule has 3 N–H and O–H groups in total. The Morgan fingerprint density at radius 2 is 1.76 bits per heavy atom. The van der Waals surface area contributed by atoms with Gasteiger partial charge in [0.25, 0.3) is 5.69 Å². The lowest BCUT2D eigenvalue weighted by molar-refractivity contribution is -0.384. The van der Waals surface area contributed by atoms with Crippen LogP contribution in [0.15, 0.2) is 48.5 Å². The fourth-order valence-electron chi connectivity index (χ4n) is 2.53. The second-order valence-corrected chi connectivity index (χ2v) is 7.53. The van der Waals surface area contributed by atoms with Gasteiger partial charge in [0.2, 0.25) is 0 Å². The number of nitrogens with zero attached hydrogens (tertiary/aromatic N) is 1. The fraction of sp³-hybridized carbons (Fsp3) is 0.381. The van der Waals surface area contributed by atoms with Gasteiger partial charge in [0.05, 0.1) is 17.1 Å². The molecule has 2 rings (SSSR count). The summed E-state index contributed by atoms with van der Waals surface area (Å²) in [5.74, 6) is 0. The van der Waals surface area contributed by atoms with Crippen molar-refractivity contribution in [2.45, 2.75) is 39.5 Å². The van der Waals surface area contributed by atoms with Gasteiger partial charge in [-0.3, -0.25) is 10.1 Å². The Morgan fingerprint density at radius 3 is 2.48 bits per heavy atom. The molecule has 0 bridgehead atoms. The van der Waals surface area contributed by atoms with Crippen molar-refractivity contribution in [3.63, 3.8) is 0 Å². The molecule has 0 aliphatic carbocycles. The molecule has 0 spiro atoms. The summed E-state index contributed by atoms with van der Waals surface area (Å²) in [5, 5.41) is 19.5. The van der Waals surface area contributed by atoms with Gasteiger partial charge in [0.1, 0.15) is 5.69 Å². The predicted octanol–water partition coefficient (Wildman–Crippen LogP) is 3.82. The number of amides is 2. The number of carbonyl (C=O) groups is 1. The van der Waals surface area contributed by atoms with Crippen molar-refractivity contribution in [2.75, 3.05) is 18.4 Å². The Bertz CT molecular complexity index is 833. The van der Waals surface area contributed by atoms with E-state index in [1.807, 2.05) is 45.0 Å². The molecule has 8 nitrogen and oxygen atoms in total. The van der Waals surface area contributed by atoms with Gasteiger partial charge >= 0.3 is 6.03 Å². The zero-order chi connectivity index (χ0) is 21.3. The molecule has 2 aromatic rings. The van der Waals surface area contributed by atoms with Crippen LogP contribution in [0.5, 0.6) is 0 Å². The van der Waals surface area contributed by atoms with E-state index in [0.717, 1.165) is 11.1 Å². The first-order chi connectivity index (χ1) is 13.7. The van der Waals surface area contributed by atoms with E-state index in [0.29, 0.717) is 31.9 Å². The summed E-state index contributed by atoms with van der Waals surface area (Å²) >= 11 is 0. The number of anilines is 1. The molecule has 156 valence electrons. The van der Waals surface area contributed by atoms with Crippen molar-refractivity contribution in [1.29, 1.82) is 0 Å². The number of nitro groups is 1. The highest BCUT2D eigenvalue weighted by atomic mass is 16.6. The summed E-state index contributed by atoms with van der Waals surface area (Å²) in [6.45, 7) is 7.64. The molecule has 0 unspecified atom stereocenters. The van der Waals surface area contributed by atoms with Crippen molar-refractivity contribution in [2.24, 2.45) is 0 Å². The van der Waals surface area contributed by atoms with Gasteiger partial charge in [-0.25, -0.2) is 4.79 Å². The van der Waals surface area contributed by atoms with Crippen LogP contribution in [0.2, 0.25) is 0 Å². The Kier molecular flexibility index (Phi) is 7.97. The number of benzene rings is 2. The molecule has 8 heteroatoms. The molecule has 0 atom stereocenters.